The van der Waals surface area contributed by atoms with Crippen LogP contribution in [0.3, 0.4) is 0 Å². The predicted molar refractivity (Wildman–Crippen MR) is 88.1 cm³/mol. The van der Waals surface area contributed by atoms with Gasteiger partial charge in [-0.25, -0.2) is 8.42 Å². The van der Waals surface area contributed by atoms with E-state index in [0.717, 1.165) is 24.3 Å². The minimum absolute atomic E-state index is 0.209. The fraction of sp³-hybridized carbons (Fsp3) is 0.250. The Bertz CT molecular complexity index is 851. The van der Waals surface area contributed by atoms with E-state index in [1.165, 1.54) is 19.2 Å². The number of hydrogen-bond acceptors (Lipinski definition) is 5. The van der Waals surface area contributed by atoms with Gasteiger partial charge in [-0.2, -0.15) is 0 Å². The summed E-state index contributed by atoms with van der Waals surface area (Å²) in [5.74, 6) is 0.270. The maximum Gasteiger partial charge on any atom is 0.573 e. The molecular formula is C16H16F3NO5S. The van der Waals surface area contributed by atoms with Crippen LogP contribution >= 0.6 is 0 Å². The van der Waals surface area contributed by atoms with Gasteiger partial charge in [-0.05, 0) is 43.3 Å². The number of benzene rings is 2. The van der Waals surface area contributed by atoms with Gasteiger partial charge in [0.2, 0.25) is 0 Å². The molecule has 0 saturated carbocycles. The Morgan fingerprint density at radius 1 is 1.04 bits per heavy atom. The van der Waals surface area contributed by atoms with Crippen molar-refractivity contribution in [3.63, 3.8) is 0 Å². The quantitative estimate of drug-likeness (QED) is 0.777. The molecule has 0 bridgehead atoms. The number of rotatable bonds is 7. The van der Waals surface area contributed by atoms with E-state index in [0.29, 0.717) is 18.1 Å². The molecule has 0 aliphatic carbocycles. The monoisotopic (exact) mass is 391 g/mol. The van der Waals surface area contributed by atoms with Crippen LogP contribution in [0.4, 0.5) is 18.9 Å². The maximum absolute atomic E-state index is 12.4. The predicted octanol–water partition coefficient (Wildman–Crippen LogP) is 3.79. The standard InChI is InChI=1S/C16H16F3NO5S/c1-3-24-14-9-4-11(10-15(14)23-2)20-26(21,22)13-7-5-12(6-8-13)25-16(17,18)19/h4-10,20H,3H2,1-2H3. The van der Waals surface area contributed by atoms with Gasteiger partial charge in [0, 0.05) is 6.07 Å². The number of ether oxygens (including phenoxy) is 3. The van der Waals surface area contributed by atoms with E-state index >= 15 is 0 Å². The van der Waals surface area contributed by atoms with Crippen molar-refractivity contribution in [3.05, 3.63) is 42.5 Å². The molecule has 0 atom stereocenters. The van der Waals surface area contributed by atoms with Crippen molar-refractivity contribution in [1.82, 2.24) is 0 Å². The van der Waals surface area contributed by atoms with E-state index in [-0.39, 0.29) is 10.6 Å². The van der Waals surface area contributed by atoms with Crippen molar-refractivity contribution in [1.29, 1.82) is 0 Å². The number of hydrogen-bond donors (Lipinski definition) is 1. The van der Waals surface area contributed by atoms with Crippen LogP contribution in [0.25, 0.3) is 0 Å². The molecule has 0 aliphatic heterocycles. The molecule has 0 aliphatic rings. The third kappa shape index (κ3) is 5.19. The second-order valence-electron chi connectivity index (χ2n) is 4.92. The fourth-order valence-electron chi connectivity index (χ4n) is 2.04. The lowest BCUT2D eigenvalue weighted by molar-refractivity contribution is -0.274. The highest BCUT2D eigenvalue weighted by atomic mass is 32.2. The van der Waals surface area contributed by atoms with Gasteiger partial charge in [0.05, 0.1) is 24.3 Å². The Morgan fingerprint density at radius 3 is 2.23 bits per heavy atom. The molecule has 0 saturated heterocycles. The van der Waals surface area contributed by atoms with Gasteiger partial charge >= 0.3 is 6.36 Å². The second kappa shape index (κ2) is 7.73. The van der Waals surface area contributed by atoms with Crippen molar-refractivity contribution in [2.75, 3.05) is 18.4 Å². The Hall–Kier alpha value is -2.62. The van der Waals surface area contributed by atoms with Crippen LogP contribution in [0.1, 0.15) is 6.92 Å². The molecule has 0 radical (unpaired) electrons. The highest BCUT2D eigenvalue weighted by molar-refractivity contribution is 7.92. The zero-order valence-electron chi connectivity index (χ0n) is 13.8. The summed E-state index contributed by atoms with van der Waals surface area (Å²) in [5.41, 5.74) is 0.209. The first-order chi connectivity index (χ1) is 12.1. The van der Waals surface area contributed by atoms with Crippen LogP contribution < -0.4 is 18.9 Å². The average molecular weight is 391 g/mol. The van der Waals surface area contributed by atoms with E-state index in [4.69, 9.17) is 9.47 Å². The minimum atomic E-state index is -4.85. The molecule has 6 nitrogen and oxygen atoms in total. The van der Waals surface area contributed by atoms with Crippen LogP contribution in [-0.2, 0) is 10.0 Å². The minimum Gasteiger partial charge on any atom is -0.493 e. The molecule has 10 heteroatoms. The molecular weight excluding hydrogens is 375 g/mol. The summed E-state index contributed by atoms with van der Waals surface area (Å²) in [7, 11) is -2.59. The van der Waals surface area contributed by atoms with Gasteiger partial charge in [-0.15, -0.1) is 13.2 Å². The van der Waals surface area contributed by atoms with Gasteiger partial charge in [0.15, 0.2) is 11.5 Å². The molecule has 0 amide bonds. The number of anilines is 1. The zero-order chi connectivity index (χ0) is 19.4. The molecule has 2 aromatic rings. The summed E-state index contributed by atoms with van der Waals surface area (Å²) < 4.78 is 77.7. The summed E-state index contributed by atoms with van der Waals surface area (Å²) in [6.45, 7) is 2.20. The highest BCUT2D eigenvalue weighted by Gasteiger charge is 2.31. The lowest BCUT2D eigenvalue weighted by Crippen LogP contribution is -2.17. The Labute approximate surface area is 148 Å². The van der Waals surface area contributed by atoms with Crippen LogP contribution in [0.5, 0.6) is 17.2 Å². The first kappa shape index (κ1) is 19.7. The second-order valence-corrected chi connectivity index (χ2v) is 6.61. The lowest BCUT2D eigenvalue weighted by Gasteiger charge is -2.13. The topological polar surface area (TPSA) is 73.9 Å². The van der Waals surface area contributed by atoms with E-state index in [1.807, 2.05) is 0 Å². The lowest BCUT2D eigenvalue weighted by atomic mass is 10.3. The third-order valence-electron chi connectivity index (χ3n) is 3.08. The molecule has 0 aromatic heterocycles. The number of sulfonamides is 1. The van der Waals surface area contributed by atoms with E-state index < -0.39 is 22.1 Å². The van der Waals surface area contributed by atoms with E-state index in [1.54, 1.807) is 13.0 Å². The highest BCUT2D eigenvalue weighted by Crippen LogP contribution is 2.31. The first-order valence-corrected chi connectivity index (χ1v) is 8.82. The van der Waals surface area contributed by atoms with E-state index in [9.17, 15) is 21.6 Å². The third-order valence-corrected chi connectivity index (χ3v) is 4.48. The fourth-order valence-corrected chi connectivity index (χ4v) is 3.09. The average Bonchev–Trinajstić information content (AvgIpc) is 2.55. The Morgan fingerprint density at radius 2 is 1.69 bits per heavy atom. The van der Waals surface area contributed by atoms with Crippen LogP contribution in [0.15, 0.2) is 47.4 Å². The Kier molecular flexibility index (Phi) is 5.86. The van der Waals surface area contributed by atoms with Crippen LogP contribution in [0.2, 0.25) is 0 Å². The van der Waals surface area contributed by atoms with Gasteiger partial charge in [-0.1, -0.05) is 0 Å². The van der Waals surface area contributed by atoms with Crippen LogP contribution in [0, 0.1) is 0 Å². The molecule has 142 valence electrons. The molecule has 0 unspecified atom stereocenters. The molecule has 1 N–H and O–H groups in total. The summed E-state index contributed by atoms with van der Waals surface area (Å²) >= 11 is 0. The summed E-state index contributed by atoms with van der Waals surface area (Å²) in [6.07, 6.45) is -4.85. The normalized spacial score (nSPS) is 11.7. The van der Waals surface area contributed by atoms with Crippen molar-refractivity contribution in [2.24, 2.45) is 0 Å². The molecule has 2 aromatic carbocycles. The molecule has 2 rings (SSSR count). The SMILES string of the molecule is CCOc1ccc(NS(=O)(=O)c2ccc(OC(F)(F)F)cc2)cc1OC. The molecule has 0 fully saturated rings. The largest absolute Gasteiger partial charge is 0.573 e. The van der Waals surface area contributed by atoms with Crippen LogP contribution in [-0.4, -0.2) is 28.5 Å². The number of halogens is 3. The number of methoxy groups -OCH3 is 1. The smallest absolute Gasteiger partial charge is 0.493 e. The van der Waals surface area contributed by atoms with E-state index in [2.05, 4.69) is 9.46 Å². The molecule has 0 spiro atoms. The summed E-state index contributed by atoms with van der Waals surface area (Å²) in [4.78, 5) is -0.222. The zero-order valence-corrected chi connectivity index (χ0v) is 14.6. The molecule has 26 heavy (non-hydrogen) atoms. The molecule has 0 heterocycles. The van der Waals surface area contributed by atoms with Crippen molar-refractivity contribution in [3.8, 4) is 17.2 Å². The first-order valence-electron chi connectivity index (χ1n) is 7.34. The van der Waals surface area contributed by atoms with Crippen molar-refractivity contribution < 1.29 is 35.8 Å². The van der Waals surface area contributed by atoms with Gasteiger partial charge < -0.3 is 14.2 Å². The van der Waals surface area contributed by atoms with Gasteiger partial charge in [0.25, 0.3) is 10.0 Å². The maximum atomic E-state index is 12.4. The van der Waals surface area contributed by atoms with Crippen molar-refractivity contribution >= 4 is 15.7 Å². The van der Waals surface area contributed by atoms with Gasteiger partial charge in [-0.3, -0.25) is 4.72 Å². The summed E-state index contributed by atoms with van der Waals surface area (Å²) in [5, 5.41) is 0. The number of nitrogens with one attached hydrogen (secondary N) is 1. The summed E-state index contributed by atoms with van der Waals surface area (Å²) in [6, 6.07) is 8.31. The Balaban J connectivity index is 2.20. The van der Waals surface area contributed by atoms with Crippen molar-refractivity contribution in [2.45, 2.75) is 18.2 Å². The number of alkyl halides is 3. The van der Waals surface area contributed by atoms with Gasteiger partial charge in [0.1, 0.15) is 5.75 Å².